The van der Waals surface area contributed by atoms with Gasteiger partial charge in [0.25, 0.3) is 0 Å². The number of rotatable bonds is 3. The number of allylic oxidation sites excluding steroid dienone is 1. The Morgan fingerprint density at radius 3 is 2.12 bits per heavy atom. The number of benzene rings is 1. The molecule has 140 valence electrons. The Labute approximate surface area is 169 Å². The fourth-order valence-corrected chi connectivity index (χ4v) is 9.18. The summed E-state index contributed by atoms with van der Waals surface area (Å²) in [7, 11) is -1.83. The zero-order valence-corrected chi connectivity index (χ0v) is 19.9. The van der Waals surface area contributed by atoms with Gasteiger partial charge in [-0.2, -0.15) is 11.1 Å². The lowest BCUT2D eigenvalue weighted by atomic mass is 9.86. The number of halogens is 1. The highest BCUT2D eigenvalue weighted by Crippen LogP contribution is 2.53. The van der Waals surface area contributed by atoms with Crippen LogP contribution in [0.25, 0.3) is 17.2 Å². The predicted molar refractivity (Wildman–Crippen MR) is 122 cm³/mol. The average Bonchev–Trinajstić information content (AvgIpc) is 3.00. The largest absolute Gasteiger partial charge is 0.167 e. The minimum Gasteiger partial charge on any atom is -0.167 e. The van der Waals surface area contributed by atoms with Crippen LogP contribution in [0.2, 0.25) is 13.1 Å². The molecule has 1 atom stereocenters. The van der Waals surface area contributed by atoms with E-state index in [9.17, 15) is 0 Å². The van der Waals surface area contributed by atoms with Crippen molar-refractivity contribution in [3.8, 4) is 11.1 Å². The smallest absolute Gasteiger partial charge is 0.162 e. The van der Waals surface area contributed by atoms with Crippen molar-refractivity contribution in [2.45, 2.75) is 65.6 Å². The molecule has 2 aromatic rings. The first-order valence-corrected chi connectivity index (χ1v) is 14.5. The van der Waals surface area contributed by atoms with E-state index in [1.807, 2.05) is 11.3 Å². The Balaban J connectivity index is 2.13. The normalized spacial score (nSPS) is 17.6. The first-order valence-electron chi connectivity index (χ1n) is 9.56. The van der Waals surface area contributed by atoms with E-state index >= 15 is 0 Å². The van der Waals surface area contributed by atoms with E-state index in [2.05, 4.69) is 85.0 Å². The highest BCUT2D eigenvalue weighted by atomic mass is 35.6. The molecule has 3 heteroatoms. The Hall–Kier alpha value is -0.833. The van der Waals surface area contributed by atoms with E-state index in [1.54, 1.807) is 0 Å². The molecule has 0 radical (unpaired) electrons. The molecular formula is C23H31ClSSi. The van der Waals surface area contributed by atoms with Crippen LogP contribution in [0.3, 0.4) is 0 Å². The lowest BCUT2D eigenvalue weighted by Crippen LogP contribution is -2.29. The molecule has 0 spiro atoms. The van der Waals surface area contributed by atoms with E-state index in [-0.39, 0.29) is 5.41 Å². The van der Waals surface area contributed by atoms with Crippen LogP contribution in [0.15, 0.2) is 29.8 Å². The highest BCUT2D eigenvalue weighted by Gasteiger charge is 2.42. The Morgan fingerprint density at radius 2 is 1.65 bits per heavy atom. The Kier molecular flexibility index (Phi) is 5.09. The van der Waals surface area contributed by atoms with Crippen LogP contribution in [0, 0.1) is 12.8 Å². The predicted octanol–water partition coefficient (Wildman–Crippen LogP) is 8.14. The van der Waals surface area contributed by atoms with E-state index in [0.717, 1.165) is 0 Å². The van der Waals surface area contributed by atoms with E-state index in [1.165, 1.54) is 37.6 Å². The van der Waals surface area contributed by atoms with Crippen molar-refractivity contribution in [3.05, 3.63) is 50.7 Å². The quantitative estimate of drug-likeness (QED) is 0.359. The van der Waals surface area contributed by atoms with Crippen molar-refractivity contribution in [2.24, 2.45) is 5.92 Å². The Bertz CT molecular complexity index is 842. The Morgan fingerprint density at radius 1 is 1.08 bits per heavy atom. The van der Waals surface area contributed by atoms with Crippen LogP contribution in [-0.2, 0) is 5.41 Å². The standard InChI is InChI=1S/C23H31ClSSi/c1-14(2)18-13-19-20(15(3)25-21(19)22(18)26(7,8)24)16-9-11-17(12-10-16)23(4,5)6/h9-14,22H,1-8H3. The molecule has 1 aromatic heterocycles. The van der Waals surface area contributed by atoms with Gasteiger partial charge in [0.05, 0.1) is 0 Å². The van der Waals surface area contributed by atoms with Crippen LogP contribution in [0.5, 0.6) is 0 Å². The molecule has 0 amide bonds. The lowest BCUT2D eigenvalue weighted by Gasteiger charge is -2.27. The summed E-state index contributed by atoms with van der Waals surface area (Å²) in [5, 5.41) is 0. The zero-order chi connectivity index (χ0) is 19.4. The first kappa shape index (κ1) is 19.9. The van der Waals surface area contributed by atoms with E-state index in [4.69, 9.17) is 11.1 Å². The second-order valence-corrected chi connectivity index (χ2v) is 17.3. The van der Waals surface area contributed by atoms with Crippen molar-refractivity contribution in [2.75, 3.05) is 0 Å². The third kappa shape index (κ3) is 3.48. The molecule has 1 aromatic carbocycles. The molecule has 0 fully saturated rings. The summed E-state index contributed by atoms with van der Waals surface area (Å²) in [6, 6.07) is 9.18. The molecule has 1 aliphatic carbocycles. The molecular weight excluding hydrogens is 372 g/mol. The van der Waals surface area contributed by atoms with Gasteiger partial charge in [-0.15, -0.1) is 11.3 Å². The first-order chi connectivity index (χ1) is 11.9. The van der Waals surface area contributed by atoms with Crippen molar-refractivity contribution in [3.63, 3.8) is 0 Å². The maximum atomic E-state index is 6.99. The zero-order valence-electron chi connectivity index (χ0n) is 17.3. The monoisotopic (exact) mass is 402 g/mol. The van der Waals surface area contributed by atoms with Gasteiger partial charge in [0.1, 0.15) is 0 Å². The number of aryl methyl sites for hydroxylation is 1. The molecule has 0 aliphatic heterocycles. The van der Waals surface area contributed by atoms with Crippen molar-refractivity contribution < 1.29 is 0 Å². The summed E-state index contributed by atoms with van der Waals surface area (Å²) in [5.41, 5.74) is 7.75. The van der Waals surface area contributed by atoms with Gasteiger partial charge < -0.3 is 0 Å². The maximum absolute atomic E-state index is 6.99. The lowest BCUT2D eigenvalue weighted by molar-refractivity contribution is 0.590. The molecule has 3 rings (SSSR count). The maximum Gasteiger partial charge on any atom is 0.162 e. The van der Waals surface area contributed by atoms with Crippen molar-refractivity contribution in [1.82, 2.24) is 0 Å². The van der Waals surface area contributed by atoms with Crippen molar-refractivity contribution >= 4 is 35.9 Å². The second kappa shape index (κ2) is 6.65. The van der Waals surface area contributed by atoms with Crippen LogP contribution in [0.4, 0.5) is 0 Å². The summed E-state index contributed by atoms with van der Waals surface area (Å²) in [6.45, 7) is 18.3. The minimum absolute atomic E-state index is 0.189. The average molecular weight is 403 g/mol. The molecule has 0 bridgehead atoms. The van der Waals surface area contributed by atoms with Gasteiger partial charge in [0.2, 0.25) is 0 Å². The van der Waals surface area contributed by atoms with Gasteiger partial charge in [0, 0.05) is 20.9 Å². The molecule has 0 saturated heterocycles. The fourth-order valence-electron chi connectivity index (χ4n) is 4.05. The number of hydrogen-bond donors (Lipinski definition) is 0. The van der Waals surface area contributed by atoms with E-state index in [0.29, 0.717) is 11.5 Å². The summed E-state index contributed by atoms with van der Waals surface area (Å²) >= 11 is 8.95. The third-order valence-corrected chi connectivity index (χ3v) is 9.49. The summed E-state index contributed by atoms with van der Waals surface area (Å²) in [6.07, 6.45) is 2.46. The SMILES string of the molecule is Cc1sc2c(c1-c1ccc(C(C)(C)C)cc1)C=C(C(C)C)C2[Si](C)(C)Cl. The second-order valence-electron chi connectivity index (χ2n) is 9.43. The molecule has 1 aliphatic rings. The van der Waals surface area contributed by atoms with Crippen LogP contribution < -0.4 is 0 Å². The van der Waals surface area contributed by atoms with Crippen LogP contribution in [-0.4, -0.2) is 7.38 Å². The van der Waals surface area contributed by atoms with Gasteiger partial charge in [-0.1, -0.05) is 83.6 Å². The molecule has 0 N–H and O–H groups in total. The van der Waals surface area contributed by atoms with Gasteiger partial charge >= 0.3 is 0 Å². The highest BCUT2D eigenvalue weighted by molar-refractivity contribution is 7.22. The third-order valence-electron chi connectivity index (χ3n) is 5.45. The topological polar surface area (TPSA) is 0 Å². The fraction of sp³-hybridized carbons (Fsp3) is 0.478. The van der Waals surface area contributed by atoms with Gasteiger partial charge in [-0.3, -0.25) is 0 Å². The van der Waals surface area contributed by atoms with Crippen molar-refractivity contribution in [1.29, 1.82) is 0 Å². The van der Waals surface area contributed by atoms with E-state index < -0.39 is 7.38 Å². The number of hydrogen-bond acceptors (Lipinski definition) is 1. The molecule has 1 heterocycles. The minimum atomic E-state index is -1.83. The van der Waals surface area contributed by atoms with Gasteiger partial charge in [-0.05, 0) is 34.9 Å². The van der Waals surface area contributed by atoms with Crippen LogP contribution in [0.1, 0.15) is 61.0 Å². The number of thiophene rings is 1. The molecule has 1 unspecified atom stereocenters. The number of fused-ring (bicyclic) bond motifs is 1. The molecule has 0 saturated carbocycles. The molecule has 0 nitrogen and oxygen atoms in total. The van der Waals surface area contributed by atoms with Gasteiger partial charge in [-0.25, -0.2) is 0 Å². The van der Waals surface area contributed by atoms with Crippen LogP contribution >= 0.6 is 22.4 Å². The summed E-state index contributed by atoms with van der Waals surface area (Å²) in [4.78, 5) is 2.92. The molecule has 26 heavy (non-hydrogen) atoms. The summed E-state index contributed by atoms with van der Waals surface area (Å²) < 4.78 is 0. The van der Waals surface area contributed by atoms with Gasteiger partial charge in [0.15, 0.2) is 7.38 Å². The summed E-state index contributed by atoms with van der Waals surface area (Å²) in [5.74, 6) is 0.543.